The maximum Gasteiger partial charge on any atom is 0.136 e. The zero-order valence-corrected chi connectivity index (χ0v) is 5.87. The summed E-state index contributed by atoms with van der Waals surface area (Å²) in [6.45, 7) is 0. The molecule has 56 valence electrons. The Morgan fingerprint density at radius 3 is 2.90 bits per heavy atom. The Morgan fingerprint density at radius 2 is 2.50 bits per heavy atom. The summed E-state index contributed by atoms with van der Waals surface area (Å²) in [4.78, 5) is 0. The van der Waals surface area contributed by atoms with E-state index in [9.17, 15) is 5.11 Å². The van der Waals surface area contributed by atoms with Gasteiger partial charge < -0.3 is 15.6 Å². The van der Waals surface area contributed by atoms with Crippen molar-refractivity contribution in [3.05, 3.63) is 24.0 Å². The van der Waals surface area contributed by atoms with Gasteiger partial charge in [0.2, 0.25) is 0 Å². The van der Waals surface area contributed by atoms with Gasteiger partial charge in [0.05, 0.1) is 7.11 Å². The highest BCUT2D eigenvalue weighted by atomic mass is 16.5. The molecular weight excluding hydrogens is 130 g/mol. The number of ether oxygens (including phenoxy) is 1. The number of nitrogens with two attached hydrogens (primary N) is 1. The number of hydrogen-bond donors (Lipinski definition) is 2. The highest BCUT2D eigenvalue weighted by Crippen LogP contribution is 2.15. The zero-order chi connectivity index (χ0) is 7.61. The lowest BCUT2D eigenvalue weighted by Gasteiger charge is -2.20. The summed E-state index contributed by atoms with van der Waals surface area (Å²) in [5.41, 5.74) is 4.18. The van der Waals surface area contributed by atoms with Crippen LogP contribution in [-0.2, 0) is 4.74 Å². The Balaban J connectivity index is 2.63. The molecule has 0 heterocycles. The predicted molar refractivity (Wildman–Crippen MR) is 38.0 cm³/mol. The number of methoxy groups -OCH3 is 1. The van der Waals surface area contributed by atoms with Crippen molar-refractivity contribution in [2.45, 2.75) is 12.1 Å². The van der Waals surface area contributed by atoms with E-state index in [4.69, 9.17) is 10.5 Å². The molecule has 1 aliphatic rings. The van der Waals surface area contributed by atoms with Gasteiger partial charge in [-0.25, -0.2) is 0 Å². The molecule has 0 fully saturated rings. The Labute approximate surface area is 59.8 Å². The number of rotatable bonds is 1. The number of allylic oxidation sites excluding steroid dienone is 1. The SMILES string of the molecule is COC1=CCC(N)(O)C=C1. The minimum Gasteiger partial charge on any atom is -0.497 e. The van der Waals surface area contributed by atoms with Crippen LogP contribution in [0.2, 0.25) is 0 Å². The van der Waals surface area contributed by atoms with Gasteiger partial charge in [-0.3, -0.25) is 0 Å². The molecule has 1 rings (SSSR count). The first-order valence-electron chi connectivity index (χ1n) is 3.09. The van der Waals surface area contributed by atoms with E-state index in [2.05, 4.69) is 0 Å². The molecule has 3 nitrogen and oxygen atoms in total. The molecule has 0 amide bonds. The first-order valence-corrected chi connectivity index (χ1v) is 3.09. The number of aliphatic hydroxyl groups is 1. The van der Waals surface area contributed by atoms with E-state index in [1.165, 1.54) is 6.08 Å². The van der Waals surface area contributed by atoms with E-state index < -0.39 is 5.72 Å². The van der Waals surface area contributed by atoms with Crippen LogP contribution in [0.4, 0.5) is 0 Å². The van der Waals surface area contributed by atoms with E-state index in [0.29, 0.717) is 6.42 Å². The lowest BCUT2D eigenvalue weighted by molar-refractivity contribution is 0.0974. The molecule has 3 N–H and O–H groups in total. The summed E-state index contributed by atoms with van der Waals surface area (Å²) in [6, 6.07) is 0. The van der Waals surface area contributed by atoms with Crippen molar-refractivity contribution in [3.63, 3.8) is 0 Å². The Hall–Kier alpha value is -0.800. The van der Waals surface area contributed by atoms with E-state index >= 15 is 0 Å². The second-order valence-electron chi connectivity index (χ2n) is 2.34. The van der Waals surface area contributed by atoms with Crippen molar-refractivity contribution in [3.8, 4) is 0 Å². The zero-order valence-electron chi connectivity index (χ0n) is 5.87. The molecule has 1 unspecified atom stereocenters. The average Bonchev–Trinajstić information content (AvgIpc) is 1.88. The van der Waals surface area contributed by atoms with Crippen LogP contribution >= 0.6 is 0 Å². The maximum atomic E-state index is 9.18. The van der Waals surface area contributed by atoms with Gasteiger partial charge in [-0.2, -0.15) is 0 Å². The molecule has 0 saturated heterocycles. The largest absolute Gasteiger partial charge is 0.497 e. The Morgan fingerprint density at radius 1 is 1.80 bits per heavy atom. The molecule has 0 aromatic carbocycles. The first kappa shape index (κ1) is 7.31. The molecule has 0 radical (unpaired) electrons. The van der Waals surface area contributed by atoms with Gasteiger partial charge in [0.25, 0.3) is 0 Å². The van der Waals surface area contributed by atoms with Crippen LogP contribution in [0.15, 0.2) is 24.0 Å². The highest BCUT2D eigenvalue weighted by molar-refractivity contribution is 5.21. The lowest BCUT2D eigenvalue weighted by Crippen LogP contribution is -2.37. The standard InChI is InChI=1S/C7H11NO2/c1-10-6-2-4-7(8,9)5-3-6/h2-4,9H,5,8H2,1H3. The second kappa shape index (κ2) is 2.44. The van der Waals surface area contributed by atoms with Gasteiger partial charge in [0, 0.05) is 6.42 Å². The van der Waals surface area contributed by atoms with E-state index in [-0.39, 0.29) is 0 Å². The van der Waals surface area contributed by atoms with Crippen LogP contribution in [0.25, 0.3) is 0 Å². The molecule has 1 atom stereocenters. The summed E-state index contributed by atoms with van der Waals surface area (Å²) in [6.07, 6.45) is 5.34. The molecular formula is C7H11NO2. The summed E-state index contributed by atoms with van der Waals surface area (Å²) in [7, 11) is 1.58. The average molecular weight is 141 g/mol. The normalized spacial score (nSPS) is 31.7. The van der Waals surface area contributed by atoms with Crippen LogP contribution in [-0.4, -0.2) is 17.9 Å². The van der Waals surface area contributed by atoms with Crippen molar-refractivity contribution in [1.82, 2.24) is 0 Å². The van der Waals surface area contributed by atoms with Gasteiger partial charge in [-0.15, -0.1) is 0 Å². The lowest BCUT2D eigenvalue weighted by atomic mass is 10.1. The predicted octanol–water partition coefficient (Wildman–Crippen LogP) is 0.124. The molecule has 0 aromatic rings. The molecule has 0 spiro atoms. The fraction of sp³-hybridized carbons (Fsp3) is 0.429. The van der Waals surface area contributed by atoms with E-state index in [1.807, 2.05) is 0 Å². The third-order valence-electron chi connectivity index (χ3n) is 1.40. The quantitative estimate of drug-likeness (QED) is 0.510. The second-order valence-corrected chi connectivity index (χ2v) is 2.34. The van der Waals surface area contributed by atoms with E-state index in [1.54, 1.807) is 19.3 Å². The van der Waals surface area contributed by atoms with Crippen molar-refractivity contribution < 1.29 is 9.84 Å². The molecule has 0 saturated carbocycles. The van der Waals surface area contributed by atoms with Crippen molar-refractivity contribution in [2.24, 2.45) is 5.73 Å². The topological polar surface area (TPSA) is 55.5 Å². The Bertz CT molecular complexity index is 182. The van der Waals surface area contributed by atoms with Crippen LogP contribution in [0.3, 0.4) is 0 Å². The molecule has 10 heavy (non-hydrogen) atoms. The Kier molecular flexibility index (Phi) is 1.78. The van der Waals surface area contributed by atoms with E-state index in [0.717, 1.165) is 5.76 Å². The van der Waals surface area contributed by atoms with Gasteiger partial charge in [-0.1, -0.05) is 0 Å². The van der Waals surface area contributed by atoms with Crippen LogP contribution < -0.4 is 5.73 Å². The smallest absolute Gasteiger partial charge is 0.136 e. The molecule has 0 aromatic heterocycles. The third-order valence-corrected chi connectivity index (χ3v) is 1.40. The molecule has 1 aliphatic carbocycles. The van der Waals surface area contributed by atoms with Crippen molar-refractivity contribution >= 4 is 0 Å². The first-order chi connectivity index (χ1) is 4.64. The highest BCUT2D eigenvalue weighted by Gasteiger charge is 2.18. The number of hydrogen-bond acceptors (Lipinski definition) is 3. The molecule has 3 heteroatoms. The summed E-state index contributed by atoms with van der Waals surface area (Å²) < 4.78 is 4.89. The fourth-order valence-corrected chi connectivity index (χ4v) is 0.778. The van der Waals surface area contributed by atoms with Crippen LogP contribution in [0.1, 0.15) is 6.42 Å². The van der Waals surface area contributed by atoms with Crippen LogP contribution in [0, 0.1) is 0 Å². The van der Waals surface area contributed by atoms with Crippen molar-refractivity contribution in [1.29, 1.82) is 0 Å². The monoisotopic (exact) mass is 141 g/mol. The summed E-state index contributed by atoms with van der Waals surface area (Å²) >= 11 is 0. The molecule has 0 aliphatic heterocycles. The van der Waals surface area contributed by atoms with Crippen LogP contribution in [0.5, 0.6) is 0 Å². The maximum absolute atomic E-state index is 9.18. The summed E-state index contributed by atoms with van der Waals surface area (Å²) in [5, 5.41) is 9.18. The van der Waals surface area contributed by atoms with Gasteiger partial charge >= 0.3 is 0 Å². The minimum atomic E-state index is -1.18. The molecule has 0 bridgehead atoms. The fourth-order valence-electron chi connectivity index (χ4n) is 0.778. The van der Waals surface area contributed by atoms with Gasteiger partial charge in [-0.05, 0) is 18.2 Å². The minimum absolute atomic E-state index is 0.409. The van der Waals surface area contributed by atoms with Gasteiger partial charge in [0.1, 0.15) is 11.5 Å². The summed E-state index contributed by atoms with van der Waals surface area (Å²) in [5.74, 6) is 0.745. The van der Waals surface area contributed by atoms with Crippen molar-refractivity contribution in [2.75, 3.05) is 7.11 Å². The third kappa shape index (κ3) is 1.59. The van der Waals surface area contributed by atoms with Gasteiger partial charge in [0.15, 0.2) is 0 Å².